The molecule has 3 fully saturated rings. The van der Waals surface area contributed by atoms with Gasteiger partial charge in [0.25, 0.3) is 0 Å². The van der Waals surface area contributed by atoms with Crippen LogP contribution in [0.3, 0.4) is 0 Å². The van der Waals surface area contributed by atoms with Crippen molar-refractivity contribution in [1.29, 1.82) is 0 Å². The van der Waals surface area contributed by atoms with Crippen molar-refractivity contribution in [2.75, 3.05) is 20.1 Å². The number of hydrogen-bond acceptors (Lipinski definition) is 3. The normalized spacial score (nSPS) is 27.7. The van der Waals surface area contributed by atoms with Gasteiger partial charge in [0.2, 0.25) is 11.8 Å². The Morgan fingerprint density at radius 3 is 2.39 bits per heavy atom. The lowest BCUT2D eigenvalue weighted by Crippen LogP contribution is -2.45. The summed E-state index contributed by atoms with van der Waals surface area (Å²) in [6, 6.07) is 7.24. The third-order valence-corrected chi connectivity index (χ3v) is 7.19. The monoisotopic (exact) mass is 384 g/mol. The summed E-state index contributed by atoms with van der Waals surface area (Å²) in [5, 5.41) is 9.48. The van der Waals surface area contributed by atoms with Gasteiger partial charge in [0.05, 0.1) is 6.04 Å². The maximum atomic E-state index is 13.4. The number of carbonyl (C=O) groups is 2. The van der Waals surface area contributed by atoms with E-state index in [0.717, 1.165) is 31.4 Å². The minimum absolute atomic E-state index is 0.118. The zero-order valence-electron chi connectivity index (χ0n) is 17.4. The van der Waals surface area contributed by atoms with Crippen molar-refractivity contribution < 1.29 is 14.7 Å². The summed E-state index contributed by atoms with van der Waals surface area (Å²) in [6.45, 7) is 7.56. The van der Waals surface area contributed by atoms with Crippen LogP contribution in [0, 0.1) is 22.7 Å². The fraction of sp³-hybridized carbons (Fsp3) is 0.652. The molecular formula is C23H32N2O3. The largest absolute Gasteiger partial charge is 0.508 e. The molecule has 2 amide bonds. The predicted octanol–water partition coefficient (Wildman–Crippen LogP) is 3.07. The number of phenolic OH excluding ortho intramolecular Hbond substituents is 1. The number of nitrogens with zero attached hydrogens (tertiary/aromatic N) is 2. The van der Waals surface area contributed by atoms with E-state index in [2.05, 4.69) is 6.92 Å². The number of hydrogen-bond donors (Lipinski definition) is 1. The number of benzene rings is 1. The molecule has 1 unspecified atom stereocenters. The molecule has 0 aromatic heterocycles. The van der Waals surface area contributed by atoms with E-state index < -0.39 is 5.41 Å². The van der Waals surface area contributed by atoms with Crippen molar-refractivity contribution in [1.82, 2.24) is 9.80 Å². The van der Waals surface area contributed by atoms with E-state index in [1.54, 1.807) is 12.1 Å². The molecular weight excluding hydrogens is 352 g/mol. The van der Waals surface area contributed by atoms with Crippen molar-refractivity contribution in [3.8, 4) is 5.75 Å². The number of rotatable bonds is 5. The van der Waals surface area contributed by atoms with Crippen LogP contribution in [0.4, 0.5) is 0 Å². The highest BCUT2D eigenvalue weighted by molar-refractivity contribution is 5.84. The summed E-state index contributed by atoms with van der Waals surface area (Å²) < 4.78 is 0. The van der Waals surface area contributed by atoms with Crippen LogP contribution in [0.1, 0.15) is 45.6 Å². The number of phenols is 1. The van der Waals surface area contributed by atoms with Crippen molar-refractivity contribution in [3.05, 3.63) is 29.8 Å². The lowest BCUT2D eigenvalue weighted by atomic mass is 9.84. The Bertz CT molecular complexity index is 782. The average Bonchev–Trinajstić information content (AvgIpc) is 3.53. The van der Waals surface area contributed by atoms with E-state index in [9.17, 15) is 14.7 Å². The lowest BCUT2D eigenvalue weighted by Gasteiger charge is -2.31. The number of aromatic hydroxyl groups is 1. The van der Waals surface area contributed by atoms with Crippen molar-refractivity contribution in [2.45, 2.75) is 52.5 Å². The molecule has 5 heteroatoms. The molecule has 1 spiro atoms. The van der Waals surface area contributed by atoms with Crippen LogP contribution >= 0.6 is 0 Å². The molecule has 1 heterocycles. The molecule has 3 atom stereocenters. The second kappa shape index (κ2) is 6.50. The van der Waals surface area contributed by atoms with E-state index in [0.29, 0.717) is 18.9 Å². The van der Waals surface area contributed by atoms with Gasteiger partial charge in [-0.3, -0.25) is 9.59 Å². The second-order valence-corrected chi connectivity index (χ2v) is 10.1. The van der Waals surface area contributed by atoms with E-state index in [1.807, 2.05) is 42.8 Å². The second-order valence-electron chi connectivity index (χ2n) is 10.1. The fourth-order valence-electron chi connectivity index (χ4n) is 5.00. The number of amides is 2. The number of likely N-dealkylation sites (N-methyl/N-ethyl adjacent to an activating group) is 1. The van der Waals surface area contributed by atoms with Gasteiger partial charge in [-0.15, -0.1) is 0 Å². The molecule has 152 valence electrons. The SMILES string of the molecule is C[C@H]1C[C@@H]1C(=O)N(C)C1CN(C(=O)C(C)(C)Cc2ccc(O)cc2)CC12CC2. The smallest absolute Gasteiger partial charge is 0.228 e. The quantitative estimate of drug-likeness (QED) is 0.849. The van der Waals surface area contributed by atoms with Crippen LogP contribution in [0.5, 0.6) is 5.75 Å². The van der Waals surface area contributed by atoms with Gasteiger partial charge in [-0.25, -0.2) is 0 Å². The topological polar surface area (TPSA) is 60.9 Å². The van der Waals surface area contributed by atoms with Crippen LogP contribution in [-0.4, -0.2) is 52.9 Å². The van der Waals surface area contributed by atoms with Crippen LogP contribution in [0.2, 0.25) is 0 Å². The van der Waals surface area contributed by atoms with E-state index in [4.69, 9.17) is 0 Å². The molecule has 3 aliphatic rings. The van der Waals surface area contributed by atoms with Gasteiger partial charge in [0.1, 0.15) is 5.75 Å². The Kier molecular flexibility index (Phi) is 4.48. The molecule has 1 aliphatic heterocycles. The highest BCUT2D eigenvalue weighted by Crippen LogP contribution is 2.55. The maximum Gasteiger partial charge on any atom is 0.228 e. The maximum absolute atomic E-state index is 13.4. The van der Waals surface area contributed by atoms with Gasteiger partial charge in [-0.2, -0.15) is 0 Å². The first-order valence-corrected chi connectivity index (χ1v) is 10.5. The number of carbonyl (C=O) groups excluding carboxylic acids is 2. The molecule has 1 aromatic rings. The third-order valence-electron chi connectivity index (χ3n) is 7.19. The Balaban J connectivity index is 1.45. The minimum Gasteiger partial charge on any atom is -0.508 e. The number of likely N-dealkylation sites (tertiary alicyclic amines) is 1. The van der Waals surface area contributed by atoms with Gasteiger partial charge in [-0.05, 0) is 49.3 Å². The summed E-state index contributed by atoms with van der Waals surface area (Å²) >= 11 is 0. The van der Waals surface area contributed by atoms with Crippen molar-refractivity contribution in [2.24, 2.45) is 22.7 Å². The zero-order valence-corrected chi connectivity index (χ0v) is 17.4. The van der Waals surface area contributed by atoms with Crippen LogP contribution in [-0.2, 0) is 16.0 Å². The molecule has 5 nitrogen and oxygen atoms in total. The molecule has 1 saturated heterocycles. The summed E-state index contributed by atoms with van der Waals surface area (Å²) in [5.41, 5.74) is 0.644. The Morgan fingerprint density at radius 1 is 1.25 bits per heavy atom. The molecule has 1 aromatic carbocycles. The summed E-state index contributed by atoms with van der Waals surface area (Å²) in [4.78, 5) is 30.1. The van der Waals surface area contributed by atoms with Crippen LogP contribution in [0.15, 0.2) is 24.3 Å². The Labute approximate surface area is 167 Å². The molecule has 0 radical (unpaired) electrons. The Morgan fingerprint density at radius 2 is 1.86 bits per heavy atom. The third kappa shape index (κ3) is 3.40. The first-order chi connectivity index (χ1) is 13.1. The molecule has 0 bridgehead atoms. The highest BCUT2D eigenvalue weighted by atomic mass is 16.3. The molecule has 1 N–H and O–H groups in total. The Hall–Kier alpha value is -2.04. The molecule has 2 saturated carbocycles. The van der Waals surface area contributed by atoms with Gasteiger partial charge in [-0.1, -0.05) is 32.9 Å². The van der Waals surface area contributed by atoms with Gasteiger partial charge in [0.15, 0.2) is 0 Å². The highest BCUT2D eigenvalue weighted by Gasteiger charge is 2.59. The standard InChI is InChI=1S/C23H32N2O3/c1-15-11-18(15)20(27)24(4)19-13-25(14-23(19)9-10-23)21(28)22(2,3)12-16-5-7-17(26)8-6-16/h5-8,15,18-19,26H,9-14H2,1-4H3/t15-,18-,19?/m0/s1. The van der Waals surface area contributed by atoms with Crippen LogP contribution in [0.25, 0.3) is 0 Å². The van der Waals surface area contributed by atoms with E-state index in [-0.39, 0.29) is 34.9 Å². The molecule has 4 rings (SSSR count). The lowest BCUT2D eigenvalue weighted by molar-refractivity contribution is -0.140. The minimum atomic E-state index is -0.518. The van der Waals surface area contributed by atoms with E-state index >= 15 is 0 Å². The first kappa shape index (κ1) is 19.3. The van der Waals surface area contributed by atoms with Crippen LogP contribution < -0.4 is 0 Å². The summed E-state index contributed by atoms with van der Waals surface area (Å²) in [5.74, 6) is 1.37. The first-order valence-electron chi connectivity index (χ1n) is 10.5. The zero-order chi connectivity index (χ0) is 20.3. The molecule has 28 heavy (non-hydrogen) atoms. The van der Waals surface area contributed by atoms with Crippen molar-refractivity contribution >= 4 is 11.8 Å². The van der Waals surface area contributed by atoms with Gasteiger partial charge in [0, 0.05) is 36.9 Å². The predicted molar refractivity (Wildman–Crippen MR) is 108 cm³/mol. The van der Waals surface area contributed by atoms with E-state index in [1.165, 1.54) is 0 Å². The van der Waals surface area contributed by atoms with Gasteiger partial charge >= 0.3 is 0 Å². The summed E-state index contributed by atoms with van der Waals surface area (Å²) in [7, 11) is 1.94. The fourth-order valence-corrected chi connectivity index (χ4v) is 5.00. The average molecular weight is 385 g/mol. The summed E-state index contributed by atoms with van der Waals surface area (Å²) in [6.07, 6.45) is 3.86. The van der Waals surface area contributed by atoms with Crippen molar-refractivity contribution in [3.63, 3.8) is 0 Å². The molecule has 2 aliphatic carbocycles. The van der Waals surface area contributed by atoms with Gasteiger partial charge < -0.3 is 14.9 Å².